The van der Waals surface area contributed by atoms with E-state index in [2.05, 4.69) is 15.0 Å². The molecule has 2 aliphatic rings. The number of likely N-dealkylation sites (tertiary alicyclic amines) is 1. The molecule has 9 heteroatoms. The van der Waals surface area contributed by atoms with Gasteiger partial charge in [0.25, 0.3) is 5.91 Å². The quantitative estimate of drug-likeness (QED) is 0.660. The fourth-order valence-electron chi connectivity index (χ4n) is 4.23. The van der Waals surface area contributed by atoms with Gasteiger partial charge in [-0.05, 0) is 37.1 Å². The molecule has 1 aromatic carbocycles. The minimum atomic E-state index is 0.0252. The third-order valence-corrected chi connectivity index (χ3v) is 6.39. The first-order valence-electron chi connectivity index (χ1n) is 11.4. The number of carbonyl (C=O) groups is 2. The van der Waals surface area contributed by atoms with E-state index in [0.29, 0.717) is 54.8 Å². The van der Waals surface area contributed by atoms with Crippen LogP contribution < -0.4 is 0 Å². The molecule has 2 saturated heterocycles. The van der Waals surface area contributed by atoms with Crippen LogP contribution in [0.2, 0.25) is 5.02 Å². The Hall–Kier alpha value is -2.45. The van der Waals surface area contributed by atoms with Crippen molar-refractivity contribution >= 4 is 23.4 Å². The van der Waals surface area contributed by atoms with Gasteiger partial charge in [0.1, 0.15) is 0 Å². The summed E-state index contributed by atoms with van der Waals surface area (Å²) in [7, 11) is 0. The Morgan fingerprint density at radius 2 is 1.59 bits per heavy atom. The Morgan fingerprint density at radius 3 is 2.28 bits per heavy atom. The number of rotatable bonds is 6. The topological polar surface area (TPSA) is 82.8 Å². The van der Waals surface area contributed by atoms with E-state index in [0.717, 1.165) is 39.0 Å². The minimum Gasteiger partial charge on any atom is -0.343 e. The Bertz CT molecular complexity index is 901. The van der Waals surface area contributed by atoms with Gasteiger partial charge < -0.3 is 14.3 Å². The van der Waals surface area contributed by atoms with Crippen LogP contribution in [0.25, 0.3) is 0 Å². The number of hydrogen-bond donors (Lipinski definition) is 0. The second-order valence-corrected chi connectivity index (χ2v) is 8.91. The minimum absolute atomic E-state index is 0.0252. The molecule has 0 unspecified atom stereocenters. The maximum absolute atomic E-state index is 12.6. The molecule has 0 saturated carbocycles. The molecule has 0 N–H and O–H groups in total. The number of carbonyl (C=O) groups excluding carboxylic acids is 2. The zero-order valence-electron chi connectivity index (χ0n) is 18.3. The zero-order valence-corrected chi connectivity index (χ0v) is 19.1. The highest BCUT2D eigenvalue weighted by molar-refractivity contribution is 6.30. The van der Waals surface area contributed by atoms with Crippen LogP contribution in [0.15, 0.2) is 28.8 Å². The fourth-order valence-corrected chi connectivity index (χ4v) is 4.36. The maximum Gasteiger partial charge on any atom is 0.253 e. The molecule has 2 aliphatic heterocycles. The first kappa shape index (κ1) is 22.7. The van der Waals surface area contributed by atoms with Crippen molar-refractivity contribution in [2.24, 2.45) is 0 Å². The van der Waals surface area contributed by atoms with Crippen molar-refractivity contribution in [2.75, 3.05) is 39.3 Å². The van der Waals surface area contributed by atoms with Crippen molar-refractivity contribution in [3.05, 3.63) is 46.6 Å². The van der Waals surface area contributed by atoms with Gasteiger partial charge in [0.05, 0.1) is 6.54 Å². The summed E-state index contributed by atoms with van der Waals surface area (Å²) >= 11 is 5.91. The fraction of sp³-hybridized carbons (Fsp3) is 0.565. The summed E-state index contributed by atoms with van der Waals surface area (Å²) < 4.78 is 5.36. The monoisotopic (exact) mass is 459 g/mol. The van der Waals surface area contributed by atoms with Gasteiger partial charge in [-0.1, -0.05) is 29.6 Å². The molecular formula is C23H30ClN5O3. The third-order valence-electron chi connectivity index (χ3n) is 6.14. The van der Waals surface area contributed by atoms with E-state index in [1.165, 1.54) is 12.8 Å². The third kappa shape index (κ3) is 6.07. The normalized spacial score (nSPS) is 17.9. The van der Waals surface area contributed by atoms with E-state index in [1.54, 1.807) is 24.3 Å². The first-order valence-corrected chi connectivity index (χ1v) is 11.8. The molecule has 0 atom stereocenters. The summed E-state index contributed by atoms with van der Waals surface area (Å²) in [5.41, 5.74) is 0.653. The van der Waals surface area contributed by atoms with Crippen LogP contribution in [0.1, 0.15) is 54.2 Å². The van der Waals surface area contributed by atoms with E-state index in [-0.39, 0.29) is 11.8 Å². The summed E-state index contributed by atoms with van der Waals surface area (Å²) in [6.07, 6.45) is 5.49. The number of nitrogens with zero attached hydrogens (tertiary/aromatic N) is 5. The van der Waals surface area contributed by atoms with Crippen LogP contribution in [0.3, 0.4) is 0 Å². The SMILES string of the molecule is O=C(CCc1nc(CN2CCN(C(=O)c3ccc(Cl)cc3)CC2)no1)N1CCCCCC1. The molecule has 8 nitrogen and oxygen atoms in total. The second kappa shape index (κ2) is 10.9. The molecule has 2 amide bonds. The van der Waals surface area contributed by atoms with Gasteiger partial charge in [-0.3, -0.25) is 14.5 Å². The molecule has 0 aliphatic carbocycles. The number of benzene rings is 1. The lowest BCUT2D eigenvalue weighted by molar-refractivity contribution is -0.131. The van der Waals surface area contributed by atoms with Crippen molar-refractivity contribution in [3.8, 4) is 0 Å². The van der Waals surface area contributed by atoms with Crippen LogP contribution in [0.4, 0.5) is 0 Å². The van der Waals surface area contributed by atoms with Crippen LogP contribution in [-0.2, 0) is 17.8 Å². The largest absolute Gasteiger partial charge is 0.343 e. The zero-order chi connectivity index (χ0) is 22.3. The molecule has 1 aromatic heterocycles. The Kier molecular flexibility index (Phi) is 7.76. The number of piperazine rings is 1. The second-order valence-electron chi connectivity index (χ2n) is 8.47. The predicted molar refractivity (Wildman–Crippen MR) is 120 cm³/mol. The molecule has 2 fully saturated rings. The van der Waals surface area contributed by atoms with E-state index < -0.39 is 0 Å². The summed E-state index contributed by atoms with van der Waals surface area (Å²) in [6.45, 7) is 5.09. The van der Waals surface area contributed by atoms with Gasteiger partial charge in [-0.2, -0.15) is 4.98 Å². The molecule has 0 spiro atoms. The number of aryl methyl sites for hydroxylation is 1. The molecular weight excluding hydrogens is 430 g/mol. The molecule has 0 radical (unpaired) electrons. The highest BCUT2D eigenvalue weighted by Crippen LogP contribution is 2.15. The lowest BCUT2D eigenvalue weighted by atomic mass is 10.2. The Balaban J connectivity index is 1.21. The Labute approximate surface area is 193 Å². The van der Waals surface area contributed by atoms with E-state index in [1.807, 2.05) is 9.80 Å². The lowest BCUT2D eigenvalue weighted by Gasteiger charge is -2.34. The lowest BCUT2D eigenvalue weighted by Crippen LogP contribution is -2.48. The molecule has 172 valence electrons. The molecule has 4 rings (SSSR count). The molecule has 2 aromatic rings. The van der Waals surface area contributed by atoms with Crippen LogP contribution >= 0.6 is 11.6 Å². The van der Waals surface area contributed by atoms with E-state index >= 15 is 0 Å². The highest BCUT2D eigenvalue weighted by atomic mass is 35.5. The molecule has 0 bridgehead atoms. The van der Waals surface area contributed by atoms with Crippen LogP contribution in [0, 0.1) is 0 Å². The van der Waals surface area contributed by atoms with Gasteiger partial charge >= 0.3 is 0 Å². The first-order chi connectivity index (χ1) is 15.6. The average molecular weight is 460 g/mol. The predicted octanol–water partition coefficient (Wildman–Crippen LogP) is 3.02. The van der Waals surface area contributed by atoms with E-state index in [9.17, 15) is 9.59 Å². The average Bonchev–Trinajstić information content (AvgIpc) is 3.07. The summed E-state index contributed by atoms with van der Waals surface area (Å²) in [4.78, 5) is 35.6. The van der Waals surface area contributed by atoms with Gasteiger partial charge in [0.15, 0.2) is 5.82 Å². The van der Waals surface area contributed by atoms with Crippen molar-refractivity contribution in [1.82, 2.24) is 24.8 Å². The van der Waals surface area contributed by atoms with Crippen molar-refractivity contribution in [1.29, 1.82) is 0 Å². The molecule has 3 heterocycles. The highest BCUT2D eigenvalue weighted by Gasteiger charge is 2.23. The van der Waals surface area contributed by atoms with Gasteiger partial charge in [-0.25, -0.2) is 0 Å². The van der Waals surface area contributed by atoms with Crippen molar-refractivity contribution in [3.63, 3.8) is 0 Å². The van der Waals surface area contributed by atoms with Gasteiger partial charge in [0.2, 0.25) is 11.8 Å². The van der Waals surface area contributed by atoms with Crippen molar-refractivity contribution < 1.29 is 14.1 Å². The van der Waals surface area contributed by atoms with Gasteiger partial charge in [0, 0.05) is 62.7 Å². The number of amides is 2. The number of halogens is 1. The standard InChI is InChI=1S/C23H30ClN5O3/c24-19-7-5-18(6-8-19)23(31)29-15-13-27(14-16-29)17-20-25-21(32-26-20)9-10-22(30)28-11-3-1-2-4-12-28/h5-8H,1-4,9-17H2. The van der Waals surface area contributed by atoms with Gasteiger partial charge in [-0.15, -0.1) is 0 Å². The van der Waals surface area contributed by atoms with E-state index in [4.69, 9.17) is 16.1 Å². The van der Waals surface area contributed by atoms with Crippen LogP contribution in [0.5, 0.6) is 0 Å². The van der Waals surface area contributed by atoms with Crippen LogP contribution in [-0.4, -0.2) is 75.9 Å². The molecule has 32 heavy (non-hydrogen) atoms. The Morgan fingerprint density at radius 1 is 0.906 bits per heavy atom. The number of hydrogen-bond acceptors (Lipinski definition) is 6. The van der Waals surface area contributed by atoms with Crippen molar-refractivity contribution in [2.45, 2.75) is 45.1 Å². The smallest absolute Gasteiger partial charge is 0.253 e. The maximum atomic E-state index is 12.6. The number of aromatic nitrogens is 2. The summed E-state index contributed by atoms with van der Waals surface area (Å²) in [5, 5.41) is 4.70. The summed E-state index contributed by atoms with van der Waals surface area (Å²) in [5.74, 6) is 1.34. The summed E-state index contributed by atoms with van der Waals surface area (Å²) in [6, 6.07) is 6.99.